The van der Waals surface area contributed by atoms with Crippen LogP contribution in [-0.2, 0) is 24.1 Å². The van der Waals surface area contributed by atoms with Crippen molar-refractivity contribution in [3.05, 3.63) is 59.2 Å². The van der Waals surface area contributed by atoms with E-state index in [1.807, 2.05) is 18.2 Å². The standard InChI is InChI=1S/C24H31NO3/c1-3-6-19-9-12-22(13-10-19)27-16-15-25-24(26)18(2)28-23-14-11-20-7-4-5-8-21(20)17-23/h9-14,17-18H,3-8,15-16H2,1-2H3,(H,25,26). The fraction of sp³-hybridized carbons (Fsp3) is 0.458. The molecule has 1 aliphatic carbocycles. The number of amides is 1. The summed E-state index contributed by atoms with van der Waals surface area (Å²) in [6.07, 6.45) is 6.42. The summed E-state index contributed by atoms with van der Waals surface area (Å²) < 4.78 is 11.5. The third kappa shape index (κ3) is 5.75. The number of ether oxygens (including phenoxy) is 2. The van der Waals surface area contributed by atoms with Crippen LogP contribution in [0.15, 0.2) is 42.5 Å². The van der Waals surface area contributed by atoms with Crippen LogP contribution in [0.25, 0.3) is 0 Å². The molecule has 2 aromatic rings. The molecular weight excluding hydrogens is 350 g/mol. The lowest BCUT2D eigenvalue weighted by molar-refractivity contribution is -0.127. The Balaban J connectivity index is 1.39. The van der Waals surface area contributed by atoms with Gasteiger partial charge in [-0.2, -0.15) is 0 Å². The number of carbonyl (C=O) groups excluding carboxylic acids is 1. The van der Waals surface area contributed by atoms with Gasteiger partial charge >= 0.3 is 0 Å². The molecule has 4 heteroatoms. The van der Waals surface area contributed by atoms with Crippen LogP contribution < -0.4 is 14.8 Å². The van der Waals surface area contributed by atoms with E-state index in [1.54, 1.807) is 6.92 Å². The summed E-state index contributed by atoms with van der Waals surface area (Å²) >= 11 is 0. The second kappa shape index (κ2) is 10.2. The van der Waals surface area contributed by atoms with E-state index in [1.165, 1.54) is 29.5 Å². The molecule has 28 heavy (non-hydrogen) atoms. The molecule has 1 N–H and O–H groups in total. The fourth-order valence-electron chi connectivity index (χ4n) is 3.57. The Morgan fingerprint density at radius 2 is 1.75 bits per heavy atom. The highest BCUT2D eigenvalue weighted by molar-refractivity contribution is 5.80. The van der Waals surface area contributed by atoms with Crippen molar-refractivity contribution in [3.8, 4) is 11.5 Å². The Hall–Kier alpha value is -2.49. The number of benzene rings is 2. The molecule has 3 rings (SSSR count). The monoisotopic (exact) mass is 381 g/mol. The Kier molecular flexibility index (Phi) is 7.35. The maximum absolute atomic E-state index is 12.3. The van der Waals surface area contributed by atoms with E-state index < -0.39 is 6.10 Å². The number of nitrogens with one attached hydrogen (secondary N) is 1. The predicted molar refractivity (Wildman–Crippen MR) is 112 cm³/mol. The molecule has 1 unspecified atom stereocenters. The van der Waals surface area contributed by atoms with Crippen molar-refractivity contribution < 1.29 is 14.3 Å². The van der Waals surface area contributed by atoms with Crippen LogP contribution >= 0.6 is 0 Å². The third-order valence-electron chi connectivity index (χ3n) is 5.13. The van der Waals surface area contributed by atoms with Crippen molar-refractivity contribution in [2.45, 2.75) is 58.5 Å². The molecule has 0 radical (unpaired) electrons. The summed E-state index contributed by atoms with van der Waals surface area (Å²) in [5, 5.41) is 2.88. The molecule has 1 atom stereocenters. The second-order valence-corrected chi connectivity index (χ2v) is 7.43. The van der Waals surface area contributed by atoms with Crippen LogP contribution in [0.2, 0.25) is 0 Å². The molecule has 0 aliphatic heterocycles. The van der Waals surface area contributed by atoms with Gasteiger partial charge in [-0.05, 0) is 80.0 Å². The summed E-state index contributed by atoms with van der Waals surface area (Å²) in [7, 11) is 0. The first kappa shape index (κ1) is 20.2. The van der Waals surface area contributed by atoms with Gasteiger partial charge < -0.3 is 14.8 Å². The van der Waals surface area contributed by atoms with Crippen LogP contribution in [0.3, 0.4) is 0 Å². The van der Waals surface area contributed by atoms with E-state index in [9.17, 15) is 4.79 Å². The smallest absolute Gasteiger partial charge is 0.260 e. The Labute approximate surface area is 168 Å². The van der Waals surface area contributed by atoms with E-state index in [0.29, 0.717) is 13.2 Å². The molecule has 0 heterocycles. The van der Waals surface area contributed by atoms with Gasteiger partial charge in [0.2, 0.25) is 0 Å². The minimum absolute atomic E-state index is 0.125. The van der Waals surface area contributed by atoms with Gasteiger partial charge in [0.25, 0.3) is 5.91 Å². The van der Waals surface area contributed by atoms with Gasteiger partial charge in [0.05, 0.1) is 6.54 Å². The Morgan fingerprint density at radius 3 is 2.50 bits per heavy atom. The molecule has 1 aliphatic rings. The molecule has 0 aromatic heterocycles. The van der Waals surface area contributed by atoms with Crippen molar-refractivity contribution in [3.63, 3.8) is 0 Å². The minimum Gasteiger partial charge on any atom is -0.492 e. The number of aryl methyl sites for hydroxylation is 3. The summed E-state index contributed by atoms with van der Waals surface area (Å²) in [5.41, 5.74) is 4.08. The molecule has 0 fully saturated rings. The van der Waals surface area contributed by atoms with Gasteiger partial charge in [-0.3, -0.25) is 4.79 Å². The van der Waals surface area contributed by atoms with Crippen LogP contribution in [0.1, 0.15) is 49.8 Å². The van der Waals surface area contributed by atoms with Crippen LogP contribution in [-0.4, -0.2) is 25.2 Å². The molecule has 1 amide bonds. The van der Waals surface area contributed by atoms with Crippen molar-refractivity contribution >= 4 is 5.91 Å². The maximum atomic E-state index is 12.3. The van der Waals surface area contributed by atoms with E-state index in [-0.39, 0.29) is 5.91 Å². The summed E-state index contributed by atoms with van der Waals surface area (Å²) in [6.45, 7) is 4.84. The summed E-state index contributed by atoms with van der Waals surface area (Å²) in [5.74, 6) is 1.47. The summed E-state index contributed by atoms with van der Waals surface area (Å²) in [6, 6.07) is 14.3. The average molecular weight is 382 g/mol. The number of carbonyl (C=O) groups is 1. The first-order chi connectivity index (χ1) is 13.7. The van der Waals surface area contributed by atoms with Crippen molar-refractivity contribution in [2.75, 3.05) is 13.2 Å². The van der Waals surface area contributed by atoms with Gasteiger partial charge in [0.1, 0.15) is 18.1 Å². The van der Waals surface area contributed by atoms with Crippen molar-refractivity contribution in [2.24, 2.45) is 0 Å². The topological polar surface area (TPSA) is 47.6 Å². The highest BCUT2D eigenvalue weighted by atomic mass is 16.5. The molecule has 0 bridgehead atoms. The van der Waals surface area contributed by atoms with Gasteiger partial charge in [-0.15, -0.1) is 0 Å². The fourth-order valence-corrected chi connectivity index (χ4v) is 3.57. The molecular formula is C24H31NO3. The lowest BCUT2D eigenvalue weighted by Crippen LogP contribution is -2.38. The van der Waals surface area contributed by atoms with Crippen LogP contribution in [0.5, 0.6) is 11.5 Å². The zero-order valence-corrected chi connectivity index (χ0v) is 17.0. The zero-order valence-electron chi connectivity index (χ0n) is 17.0. The molecule has 2 aromatic carbocycles. The third-order valence-corrected chi connectivity index (χ3v) is 5.13. The number of rotatable bonds is 9. The first-order valence-electron chi connectivity index (χ1n) is 10.4. The molecule has 0 spiro atoms. The van der Waals surface area contributed by atoms with E-state index in [0.717, 1.165) is 37.2 Å². The van der Waals surface area contributed by atoms with Crippen LogP contribution in [0, 0.1) is 0 Å². The van der Waals surface area contributed by atoms with Crippen LogP contribution in [0.4, 0.5) is 0 Å². The van der Waals surface area contributed by atoms with Crippen molar-refractivity contribution in [1.29, 1.82) is 0 Å². The van der Waals surface area contributed by atoms with E-state index in [4.69, 9.17) is 9.47 Å². The first-order valence-corrected chi connectivity index (χ1v) is 10.4. The maximum Gasteiger partial charge on any atom is 0.260 e. The highest BCUT2D eigenvalue weighted by Gasteiger charge is 2.16. The lowest BCUT2D eigenvalue weighted by atomic mass is 9.92. The Morgan fingerprint density at radius 1 is 1.04 bits per heavy atom. The highest BCUT2D eigenvalue weighted by Crippen LogP contribution is 2.25. The van der Waals surface area contributed by atoms with Gasteiger partial charge in [0.15, 0.2) is 6.10 Å². The molecule has 4 nitrogen and oxygen atoms in total. The van der Waals surface area contributed by atoms with Gasteiger partial charge in [-0.1, -0.05) is 31.5 Å². The Bertz CT molecular complexity index is 770. The number of fused-ring (bicyclic) bond motifs is 1. The predicted octanol–water partition coefficient (Wildman–Crippen LogP) is 4.48. The quantitative estimate of drug-likeness (QED) is 0.652. The van der Waals surface area contributed by atoms with Crippen molar-refractivity contribution in [1.82, 2.24) is 5.32 Å². The molecule has 0 saturated carbocycles. The second-order valence-electron chi connectivity index (χ2n) is 7.43. The average Bonchev–Trinajstić information content (AvgIpc) is 2.72. The zero-order chi connectivity index (χ0) is 19.8. The normalized spacial score (nSPS) is 14.1. The lowest BCUT2D eigenvalue weighted by Gasteiger charge is -2.19. The number of hydrogen-bond donors (Lipinski definition) is 1. The SMILES string of the molecule is CCCc1ccc(OCCNC(=O)C(C)Oc2ccc3c(c2)CCCC3)cc1. The molecule has 150 valence electrons. The van der Waals surface area contributed by atoms with Gasteiger partial charge in [-0.25, -0.2) is 0 Å². The minimum atomic E-state index is -0.532. The van der Waals surface area contributed by atoms with E-state index in [2.05, 4.69) is 36.5 Å². The largest absolute Gasteiger partial charge is 0.492 e. The summed E-state index contributed by atoms with van der Waals surface area (Å²) in [4.78, 5) is 12.3. The van der Waals surface area contributed by atoms with E-state index >= 15 is 0 Å². The number of hydrogen-bond acceptors (Lipinski definition) is 3. The molecule has 0 saturated heterocycles. The van der Waals surface area contributed by atoms with Gasteiger partial charge in [0, 0.05) is 0 Å².